The Morgan fingerprint density at radius 3 is 3.00 bits per heavy atom. The van der Waals surface area contributed by atoms with Crippen LogP contribution in [0.1, 0.15) is 29.1 Å². The molecule has 0 bridgehead atoms. The number of nitrogens with one attached hydrogen (secondary N) is 1. The predicted molar refractivity (Wildman–Crippen MR) is 78.1 cm³/mol. The van der Waals surface area contributed by atoms with E-state index in [2.05, 4.69) is 20.5 Å². The molecule has 7 heteroatoms. The molecule has 3 aromatic rings. The average molecular weight is 302 g/mol. The first-order chi connectivity index (χ1) is 10.1. The zero-order chi connectivity index (χ0) is 14.8. The van der Waals surface area contributed by atoms with Gasteiger partial charge in [-0.25, -0.2) is 4.98 Å². The first-order valence-corrected chi connectivity index (χ1v) is 6.75. The Labute approximate surface area is 125 Å². The Morgan fingerprint density at radius 1 is 1.33 bits per heavy atom. The maximum absolute atomic E-state index is 12.2. The van der Waals surface area contributed by atoms with Crippen molar-refractivity contribution >= 4 is 23.2 Å². The van der Waals surface area contributed by atoms with Crippen molar-refractivity contribution in [2.45, 2.75) is 13.0 Å². The van der Waals surface area contributed by atoms with Crippen molar-refractivity contribution in [1.82, 2.24) is 24.9 Å². The number of carbonyl (C=O) groups is 1. The lowest BCUT2D eigenvalue weighted by atomic mass is 10.2. The fourth-order valence-electron chi connectivity index (χ4n) is 2.04. The van der Waals surface area contributed by atoms with Crippen molar-refractivity contribution in [2.75, 3.05) is 0 Å². The molecule has 0 saturated carbocycles. The maximum Gasteiger partial charge on any atom is 0.252 e. The number of fused-ring (bicyclic) bond motifs is 1. The molecule has 0 aliphatic rings. The number of carbonyl (C=O) groups excluding carboxylic acids is 1. The highest BCUT2D eigenvalue weighted by molar-refractivity contribution is 6.29. The molecule has 3 rings (SSSR count). The normalized spacial score (nSPS) is 12.3. The summed E-state index contributed by atoms with van der Waals surface area (Å²) in [7, 11) is 0. The van der Waals surface area contributed by atoms with E-state index in [9.17, 15) is 4.79 Å². The molecule has 0 aliphatic heterocycles. The minimum atomic E-state index is -0.290. The monoisotopic (exact) mass is 301 g/mol. The second-order valence-electron chi connectivity index (χ2n) is 4.55. The summed E-state index contributed by atoms with van der Waals surface area (Å²) in [6.45, 7) is 1.85. The van der Waals surface area contributed by atoms with Crippen LogP contribution in [0, 0.1) is 0 Å². The van der Waals surface area contributed by atoms with Crippen LogP contribution in [0.15, 0.2) is 42.7 Å². The van der Waals surface area contributed by atoms with Gasteiger partial charge in [0, 0.05) is 18.0 Å². The molecular weight excluding hydrogens is 290 g/mol. The lowest BCUT2D eigenvalue weighted by Gasteiger charge is -2.12. The van der Waals surface area contributed by atoms with Gasteiger partial charge in [0.15, 0.2) is 11.5 Å². The zero-order valence-electron chi connectivity index (χ0n) is 11.2. The van der Waals surface area contributed by atoms with Gasteiger partial charge < -0.3 is 5.32 Å². The first kappa shape index (κ1) is 13.5. The van der Waals surface area contributed by atoms with Crippen molar-refractivity contribution in [3.8, 4) is 0 Å². The second kappa shape index (κ2) is 5.49. The topological polar surface area (TPSA) is 72.2 Å². The molecule has 3 heterocycles. The molecule has 0 radical (unpaired) electrons. The van der Waals surface area contributed by atoms with Gasteiger partial charge in [-0.15, -0.1) is 10.2 Å². The third kappa shape index (κ3) is 2.71. The van der Waals surface area contributed by atoms with Crippen LogP contribution in [0.3, 0.4) is 0 Å². The van der Waals surface area contributed by atoms with Gasteiger partial charge in [-0.3, -0.25) is 9.20 Å². The quantitative estimate of drug-likeness (QED) is 0.753. The van der Waals surface area contributed by atoms with E-state index in [0.29, 0.717) is 11.4 Å². The second-order valence-corrected chi connectivity index (χ2v) is 4.94. The van der Waals surface area contributed by atoms with E-state index < -0.39 is 0 Å². The molecule has 1 atom stereocenters. The van der Waals surface area contributed by atoms with Crippen molar-refractivity contribution in [1.29, 1.82) is 0 Å². The molecule has 0 aliphatic carbocycles. The Morgan fingerprint density at radius 2 is 2.19 bits per heavy atom. The van der Waals surface area contributed by atoms with Gasteiger partial charge in [0.1, 0.15) is 5.15 Å². The summed E-state index contributed by atoms with van der Waals surface area (Å²) in [5.41, 5.74) is 1.19. The number of rotatable bonds is 3. The number of halogens is 1. The van der Waals surface area contributed by atoms with E-state index in [1.54, 1.807) is 6.07 Å². The molecule has 0 fully saturated rings. The summed E-state index contributed by atoms with van der Waals surface area (Å²) in [6, 6.07) is 8.46. The fourth-order valence-corrected chi connectivity index (χ4v) is 2.22. The average Bonchev–Trinajstić information content (AvgIpc) is 2.91. The standard InChI is InChI=1S/C14H12ClN5O/c1-9(13-19-18-12-4-2-3-7-20(12)13)17-14(21)10-5-6-16-11(15)8-10/h2-9H,1H3,(H,17,21). The van der Waals surface area contributed by atoms with Crippen molar-refractivity contribution in [3.63, 3.8) is 0 Å². The number of hydrogen-bond donors (Lipinski definition) is 1. The molecule has 6 nitrogen and oxygen atoms in total. The number of hydrogen-bond acceptors (Lipinski definition) is 4. The van der Waals surface area contributed by atoms with Crippen LogP contribution >= 0.6 is 11.6 Å². The molecular formula is C14H12ClN5O. The van der Waals surface area contributed by atoms with Gasteiger partial charge in [0.25, 0.3) is 5.91 Å². The number of pyridine rings is 2. The summed E-state index contributed by atoms with van der Waals surface area (Å²) in [6.07, 6.45) is 3.35. The van der Waals surface area contributed by atoms with Crippen LogP contribution in [-0.4, -0.2) is 25.5 Å². The smallest absolute Gasteiger partial charge is 0.252 e. The summed E-state index contributed by atoms with van der Waals surface area (Å²) in [4.78, 5) is 16.0. The molecule has 106 valence electrons. The van der Waals surface area contributed by atoms with E-state index in [1.807, 2.05) is 35.7 Å². The van der Waals surface area contributed by atoms with Crippen LogP contribution in [-0.2, 0) is 0 Å². The number of aromatic nitrogens is 4. The van der Waals surface area contributed by atoms with E-state index >= 15 is 0 Å². The lowest BCUT2D eigenvalue weighted by Crippen LogP contribution is -2.28. The summed E-state index contributed by atoms with van der Waals surface area (Å²) < 4.78 is 1.84. The Kier molecular flexibility index (Phi) is 3.53. The van der Waals surface area contributed by atoms with Gasteiger partial charge in [-0.05, 0) is 31.2 Å². The maximum atomic E-state index is 12.2. The summed E-state index contributed by atoms with van der Waals surface area (Å²) in [5.74, 6) is 0.429. The highest BCUT2D eigenvalue weighted by Crippen LogP contribution is 2.13. The molecule has 0 saturated heterocycles. The van der Waals surface area contributed by atoms with Crippen LogP contribution < -0.4 is 5.32 Å². The number of nitrogens with zero attached hydrogens (tertiary/aromatic N) is 4. The van der Waals surface area contributed by atoms with Crippen LogP contribution in [0.2, 0.25) is 5.15 Å². The van der Waals surface area contributed by atoms with Crippen LogP contribution in [0.5, 0.6) is 0 Å². The van der Waals surface area contributed by atoms with E-state index in [-0.39, 0.29) is 17.1 Å². The molecule has 1 amide bonds. The Bertz CT molecular complexity index is 801. The first-order valence-electron chi connectivity index (χ1n) is 6.37. The zero-order valence-corrected chi connectivity index (χ0v) is 11.9. The molecule has 0 spiro atoms. The third-order valence-corrected chi connectivity index (χ3v) is 3.27. The molecule has 21 heavy (non-hydrogen) atoms. The molecule has 1 unspecified atom stereocenters. The fraction of sp³-hybridized carbons (Fsp3) is 0.143. The van der Waals surface area contributed by atoms with Crippen molar-refractivity contribution < 1.29 is 4.79 Å². The van der Waals surface area contributed by atoms with Gasteiger partial charge >= 0.3 is 0 Å². The third-order valence-electron chi connectivity index (χ3n) is 3.06. The predicted octanol–water partition coefficient (Wildman–Crippen LogP) is 2.27. The highest BCUT2D eigenvalue weighted by Gasteiger charge is 2.16. The lowest BCUT2D eigenvalue weighted by molar-refractivity contribution is 0.0938. The van der Waals surface area contributed by atoms with Gasteiger partial charge in [-0.1, -0.05) is 17.7 Å². The van der Waals surface area contributed by atoms with Gasteiger partial charge in [0.05, 0.1) is 6.04 Å². The number of amides is 1. The van der Waals surface area contributed by atoms with Crippen LogP contribution in [0.4, 0.5) is 0 Å². The van der Waals surface area contributed by atoms with Crippen molar-refractivity contribution in [3.05, 3.63) is 59.3 Å². The van der Waals surface area contributed by atoms with Crippen LogP contribution in [0.25, 0.3) is 5.65 Å². The SMILES string of the molecule is CC(NC(=O)c1ccnc(Cl)c1)c1nnc2ccccn12. The Hall–Kier alpha value is -2.47. The largest absolute Gasteiger partial charge is 0.342 e. The molecule has 0 aromatic carbocycles. The summed E-state index contributed by atoms with van der Waals surface area (Å²) >= 11 is 5.79. The highest BCUT2D eigenvalue weighted by atomic mass is 35.5. The molecule has 3 aromatic heterocycles. The van der Waals surface area contributed by atoms with Gasteiger partial charge in [0.2, 0.25) is 0 Å². The molecule has 1 N–H and O–H groups in total. The van der Waals surface area contributed by atoms with E-state index in [4.69, 9.17) is 11.6 Å². The van der Waals surface area contributed by atoms with Crippen molar-refractivity contribution in [2.24, 2.45) is 0 Å². The Balaban J connectivity index is 1.83. The summed E-state index contributed by atoms with van der Waals surface area (Å²) in [5, 5.41) is 11.3. The minimum Gasteiger partial charge on any atom is -0.342 e. The minimum absolute atomic E-state index is 0.237. The van der Waals surface area contributed by atoms with E-state index in [0.717, 1.165) is 5.65 Å². The van der Waals surface area contributed by atoms with Gasteiger partial charge in [-0.2, -0.15) is 0 Å². The van der Waals surface area contributed by atoms with E-state index in [1.165, 1.54) is 12.3 Å².